The normalized spacial score (nSPS) is 18.8. The van der Waals surface area contributed by atoms with Gasteiger partial charge in [-0.3, -0.25) is 24.5 Å². The zero-order valence-electron chi connectivity index (χ0n) is 18.7. The summed E-state index contributed by atoms with van der Waals surface area (Å²) in [6.07, 6.45) is 0.923. The standard InChI is InChI=1S/C24H25FN4O5/c1-15-2-4-18(5-3-15)28-14-17(12-22(28)30)24(32)27-10-8-16(9-11-27)23(31)26-21-13-19(29(33)34)6-7-20(21)25/h2-7,13,16-17H,8-12,14H2,1H3,(H,26,31)/t17-/m1/s1. The highest BCUT2D eigenvalue weighted by Crippen LogP contribution is 2.29. The van der Waals surface area contributed by atoms with Crippen molar-refractivity contribution >= 4 is 34.8 Å². The average molecular weight is 468 g/mol. The maximum atomic E-state index is 14.0. The first kappa shape index (κ1) is 23.3. The van der Waals surface area contributed by atoms with E-state index < -0.39 is 28.5 Å². The van der Waals surface area contributed by atoms with Gasteiger partial charge in [-0.2, -0.15) is 0 Å². The van der Waals surface area contributed by atoms with Gasteiger partial charge in [0.2, 0.25) is 17.7 Å². The first-order valence-corrected chi connectivity index (χ1v) is 11.1. The van der Waals surface area contributed by atoms with Gasteiger partial charge in [0.25, 0.3) is 5.69 Å². The van der Waals surface area contributed by atoms with Crippen molar-refractivity contribution in [3.8, 4) is 0 Å². The number of hydrogen-bond acceptors (Lipinski definition) is 5. The molecule has 178 valence electrons. The number of nitrogens with one attached hydrogen (secondary N) is 1. The van der Waals surface area contributed by atoms with E-state index in [9.17, 15) is 28.9 Å². The van der Waals surface area contributed by atoms with Crippen molar-refractivity contribution < 1.29 is 23.7 Å². The summed E-state index contributed by atoms with van der Waals surface area (Å²) in [5.41, 5.74) is 1.30. The molecule has 10 heteroatoms. The van der Waals surface area contributed by atoms with E-state index in [4.69, 9.17) is 0 Å². The second kappa shape index (κ2) is 9.58. The third kappa shape index (κ3) is 4.90. The van der Waals surface area contributed by atoms with Gasteiger partial charge in [-0.05, 0) is 38.0 Å². The number of anilines is 2. The van der Waals surface area contributed by atoms with Crippen LogP contribution >= 0.6 is 0 Å². The number of hydrogen-bond donors (Lipinski definition) is 1. The largest absolute Gasteiger partial charge is 0.342 e. The molecule has 3 amide bonds. The Morgan fingerprint density at radius 3 is 2.41 bits per heavy atom. The van der Waals surface area contributed by atoms with Crippen molar-refractivity contribution in [1.29, 1.82) is 0 Å². The molecular formula is C24H25FN4O5. The Kier molecular flexibility index (Phi) is 6.58. The number of likely N-dealkylation sites (tertiary alicyclic amines) is 1. The summed E-state index contributed by atoms with van der Waals surface area (Å²) in [4.78, 5) is 51.7. The predicted molar refractivity (Wildman–Crippen MR) is 123 cm³/mol. The highest BCUT2D eigenvalue weighted by molar-refractivity contribution is 6.00. The van der Waals surface area contributed by atoms with E-state index >= 15 is 0 Å². The van der Waals surface area contributed by atoms with Crippen LogP contribution in [0, 0.1) is 34.7 Å². The lowest BCUT2D eigenvalue weighted by Crippen LogP contribution is -2.44. The van der Waals surface area contributed by atoms with Crippen molar-refractivity contribution in [3.05, 3.63) is 64.0 Å². The van der Waals surface area contributed by atoms with Crippen LogP contribution in [0.15, 0.2) is 42.5 Å². The maximum absolute atomic E-state index is 14.0. The number of aryl methyl sites for hydroxylation is 1. The van der Waals surface area contributed by atoms with Gasteiger partial charge >= 0.3 is 0 Å². The molecule has 0 spiro atoms. The monoisotopic (exact) mass is 468 g/mol. The van der Waals surface area contributed by atoms with Gasteiger partial charge in [0.05, 0.1) is 16.5 Å². The number of non-ortho nitro benzene ring substituents is 1. The summed E-state index contributed by atoms with van der Waals surface area (Å²) in [6.45, 7) is 2.99. The number of carbonyl (C=O) groups is 3. The number of amides is 3. The lowest BCUT2D eigenvalue weighted by atomic mass is 9.94. The van der Waals surface area contributed by atoms with Crippen LogP contribution in [0.5, 0.6) is 0 Å². The van der Waals surface area contributed by atoms with Crippen molar-refractivity contribution in [2.24, 2.45) is 11.8 Å². The molecule has 2 aromatic rings. The van der Waals surface area contributed by atoms with Crippen molar-refractivity contribution in [1.82, 2.24) is 4.90 Å². The fourth-order valence-electron chi connectivity index (χ4n) is 4.42. The smallest absolute Gasteiger partial charge is 0.271 e. The van der Waals surface area contributed by atoms with Crippen molar-refractivity contribution in [2.45, 2.75) is 26.2 Å². The zero-order chi connectivity index (χ0) is 24.4. The van der Waals surface area contributed by atoms with Crippen LogP contribution in [0.3, 0.4) is 0 Å². The highest BCUT2D eigenvalue weighted by atomic mass is 19.1. The number of carbonyl (C=O) groups excluding carboxylic acids is 3. The second-order valence-corrected chi connectivity index (χ2v) is 8.75. The van der Waals surface area contributed by atoms with E-state index in [-0.39, 0.29) is 29.6 Å². The first-order valence-electron chi connectivity index (χ1n) is 11.1. The third-order valence-electron chi connectivity index (χ3n) is 6.42. The molecule has 0 aromatic heterocycles. The summed E-state index contributed by atoms with van der Waals surface area (Å²) < 4.78 is 14.0. The summed E-state index contributed by atoms with van der Waals surface area (Å²) in [5.74, 6) is -2.26. The molecule has 2 aliphatic rings. The molecular weight excluding hydrogens is 443 g/mol. The molecule has 0 radical (unpaired) electrons. The van der Waals surface area contributed by atoms with Crippen LogP contribution in [-0.4, -0.2) is 47.2 Å². The molecule has 2 aromatic carbocycles. The van der Waals surface area contributed by atoms with Gasteiger partial charge < -0.3 is 15.1 Å². The Labute approximate surface area is 195 Å². The van der Waals surface area contributed by atoms with Gasteiger partial charge in [0, 0.05) is 49.8 Å². The number of benzene rings is 2. The molecule has 0 saturated carbocycles. The molecule has 2 aliphatic heterocycles. The molecule has 2 heterocycles. The van der Waals surface area contributed by atoms with Gasteiger partial charge in [0.1, 0.15) is 5.82 Å². The quantitative estimate of drug-likeness (QED) is 0.535. The van der Waals surface area contributed by atoms with Crippen LogP contribution in [0.25, 0.3) is 0 Å². The summed E-state index contributed by atoms with van der Waals surface area (Å²) >= 11 is 0. The summed E-state index contributed by atoms with van der Waals surface area (Å²) in [6, 6.07) is 10.5. The summed E-state index contributed by atoms with van der Waals surface area (Å²) in [7, 11) is 0. The third-order valence-corrected chi connectivity index (χ3v) is 6.42. The van der Waals surface area contributed by atoms with E-state index in [1.54, 1.807) is 9.80 Å². The van der Waals surface area contributed by atoms with E-state index in [0.29, 0.717) is 32.5 Å². The van der Waals surface area contributed by atoms with E-state index in [2.05, 4.69) is 5.32 Å². The molecule has 2 saturated heterocycles. The van der Waals surface area contributed by atoms with Gasteiger partial charge in [0.15, 0.2) is 0 Å². The molecule has 0 bridgehead atoms. The van der Waals surface area contributed by atoms with Gasteiger partial charge in [-0.15, -0.1) is 0 Å². The Morgan fingerprint density at radius 2 is 1.76 bits per heavy atom. The average Bonchev–Trinajstić information content (AvgIpc) is 3.22. The second-order valence-electron chi connectivity index (χ2n) is 8.75. The summed E-state index contributed by atoms with van der Waals surface area (Å²) in [5, 5.41) is 13.3. The Bertz CT molecular complexity index is 1130. The highest BCUT2D eigenvalue weighted by Gasteiger charge is 2.38. The maximum Gasteiger partial charge on any atom is 0.271 e. The molecule has 1 atom stereocenters. The van der Waals surface area contributed by atoms with Crippen molar-refractivity contribution in [3.63, 3.8) is 0 Å². The number of piperidine rings is 1. The topological polar surface area (TPSA) is 113 Å². The molecule has 2 fully saturated rings. The molecule has 9 nitrogen and oxygen atoms in total. The van der Waals surface area contributed by atoms with E-state index in [1.807, 2.05) is 31.2 Å². The van der Waals surface area contributed by atoms with Crippen LogP contribution in [0.1, 0.15) is 24.8 Å². The van der Waals surface area contributed by atoms with Crippen LogP contribution in [0.4, 0.5) is 21.5 Å². The van der Waals surface area contributed by atoms with E-state index in [0.717, 1.165) is 29.4 Å². The Hall–Kier alpha value is -3.82. The predicted octanol–water partition coefficient (Wildman–Crippen LogP) is 3.27. The zero-order valence-corrected chi connectivity index (χ0v) is 18.7. The lowest BCUT2D eigenvalue weighted by molar-refractivity contribution is -0.384. The number of halogens is 1. The first-order chi connectivity index (χ1) is 16.2. The van der Waals surface area contributed by atoms with E-state index in [1.165, 1.54) is 0 Å². The molecule has 0 unspecified atom stereocenters. The minimum absolute atomic E-state index is 0.0875. The minimum Gasteiger partial charge on any atom is -0.342 e. The fraction of sp³-hybridized carbons (Fsp3) is 0.375. The van der Waals surface area contributed by atoms with Crippen molar-refractivity contribution in [2.75, 3.05) is 29.9 Å². The van der Waals surface area contributed by atoms with Crippen LogP contribution in [0.2, 0.25) is 0 Å². The molecule has 34 heavy (non-hydrogen) atoms. The number of nitro groups is 1. The van der Waals surface area contributed by atoms with Crippen LogP contribution in [-0.2, 0) is 14.4 Å². The molecule has 4 rings (SSSR count). The SMILES string of the molecule is Cc1ccc(N2C[C@H](C(=O)N3CCC(C(=O)Nc4cc([N+](=O)[O-])ccc4F)CC3)CC2=O)cc1. The number of nitro benzene ring substituents is 1. The molecule has 1 N–H and O–H groups in total. The minimum atomic E-state index is -0.754. The number of nitrogens with zero attached hydrogens (tertiary/aromatic N) is 3. The number of rotatable bonds is 5. The Morgan fingerprint density at radius 1 is 1.09 bits per heavy atom. The Balaban J connectivity index is 1.32. The van der Waals surface area contributed by atoms with Gasteiger partial charge in [-0.25, -0.2) is 4.39 Å². The molecule has 0 aliphatic carbocycles. The fourth-order valence-corrected chi connectivity index (χ4v) is 4.42. The van der Waals surface area contributed by atoms with Gasteiger partial charge in [-0.1, -0.05) is 17.7 Å². The van der Waals surface area contributed by atoms with Crippen LogP contribution < -0.4 is 10.2 Å². The lowest BCUT2D eigenvalue weighted by Gasteiger charge is -2.33.